The fourth-order valence-corrected chi connectivity index (χ4v) is 3.72. The molecule has 2 aliphatic rings. The molecule has 1 aromatic carbocycles. The number of ether oxygens (including phenoxy) is 1. The number of amides is 1. The maximum Gasteiger partial charge on any atom is 0.412 e. The number of fused-ring (bicyclic) bond motifs is 2. The lowest BCUT2D eigenvalue weighted by Gasteiger charge is -2.36. The van der Waals surface area contributed by atoms with Crippen molar-refractivity contribution < 1.29 is 9.53 Å². The fourth-order valence-electron chi connectivity index (χ4n) is 3.35. The van der Waals surface area contributed by atoms with E-state index in [9.17, 15) is 4.79 Å². The van der Waals surface area contributed by atoms with E-state index in [0.717, 1.165) is 17.3 Å². The Kier molecular flexibility index (Phi) is 3.98. The van der Waals surface area contributed by atoms with Crippen LogP contribution in [0.2, 0.25) is 0 Å². The molecular formula is C15H19BrN2O2. The quantitative estimate of drug-likeness (QED) is 0.900. The van der Waals surface area contributed by atoms with Crippen LogP contribution >= 0.6 is 15.9 Å². The minimum atomic E-state index is -0.356. The van der Waals surface area contributed by atoms with Crippen LogP contribution in [0.1, 0.15) is 25.7 Å². The van der Waals surface area contributed by atoms with Gasteiger partial charge in [0.15, 0.2) is 0 Å². The molecule has 0 spiro atoms. The van der Waals surface area contributed by atoms with E-state index >= 15 is 0 Å². The zero-order chi connectivity index (χ0) is 14.1. The molecule has 0 saturated carbocycles. The second-order valence-corrected chi connectivity index (χ2v) is 6.54. The van der Waals surface area contributed by atoms with E-state index in [-0.39, 0.29) is 12.1 Å². The number of hydrogen-bond acceptors (Lipinski definition) is 3. The lowest BCUT2D eigenvalue weighted by Crippen LogP contribution is -2.49. The first kappa shape index (κ1) is 13.9. The van der Waals surface area contributed by atoms with Gasteiger partial charge in [-0.15, -0.1) is 0 Å². The Hall–Kier alpha value is -1.07. The fraction of sp³-hybridized carbons (Fsp3) is 0.533. The number of piperidine rings is 1. The Morgan fingerprint density at radius 3 is 2.60 bits per heavy atom. The van der Waals surface area contributed by atoms with Gasteiger partial charge in [0.2, 0.25) is 0 Å². The van der Waals surface area contributed by atoms with Gasteiger partial charge in [-0.05, 0) is 60.8 Å². The normalized spacial score (nSPS) is 29.2. The summed E-state index contributed by atoms with van der Waals surface area (Å²) in [5, 5.41) is 3.01. The smallest absolute Gasteiger partial charge is 0.409 e. The summed E-state index contributed by atoms with van der Waals surface area (Å²) >= 11 is 3.38. The average molecular weight is 339 g/mol. The molecule has 2 bridgehead atoms. The van der Waals surface area contributed by atoms with Crippen LogP contribution in [0.15, 0.2) is 28.7 Å². The maximum absolute atomic E-state index is 12.0. The van der Waals surface area contributed by atoms with E-state index in [0.29, 0.717) is 17.8 Å². The molecule has 4 nitrogen and oxygen atoms in total. The third-order valence-electron chi connectivity index (χ3n) is 4.46. The predicted octanol–water partition coefficient (Wildman–Crippen LogP) is 3.16. The summed E-state index contributed by atoms with van der Waals surface area (Å²) in [5.74, 6) is 0.556. The average Bonchev–Trinajstić information content (AvgIpc) is 2.63. The molecule has 20 heavy (non-hydrogen) atoms. The molecule has 108 valence electrons. The Labute approximate surface area is 127 Å². The van der Waals surface area contributed by atoms with Gasteiger partial charge in [0, 0.05) is 18.1 Å². The summed E-state index contributed by atoms with van der Waals surface area (Å²) in [6.07, 6.45) is 4.19. The number of benzene rings is 1. The molecule has 2 atom stereocenters. The number of para-hydroxylation sites is 1. The third kappa shape index (κ3) is 2.83. The zero-order valence-corrected chi connectivity index (χ0v) is 13.1. The van der Waals surface area contributed by atoms with Crippen molar-refractivity contribution >= 4 is 22.0 Å². The standard InChI is InChI=1S/C15H19BrN2O2/c1-18-11-6-7-12(18)9-10(8-11)17-15(19)20-14-5-3-2-4-13(14)16/h2-5,10-12H,6-9H2,1H3,(H,17,19). The van der Waals surface area contributed by atoms with Crippen molar-refractivity contribution in [1.82, 2.24) is 10.2 Å². The van der Waals surface area contributed by atoms with E-state index in [4.69, 9.17) is 4.74 Å². The number of nitrogens with one attached hydrogen (secondary N) is 1. The Morgan fingerprint density at radius 1 is 1.30 bits per heavy atom. The molecule has 0 aliphatic carbocycles. The van der Waals surface area contributed by atoms with Crippen LogP contribution in [-0.4, -0.2) is 36.2 Å². The van der Waals surface area contributed by atoms with E-state index in [1.807, 2.05) is 18.2 Å². The van der Waals surface area contributed by atoms with Crippen molar-refractivity contribution in [3.63, 3.8) is 0 Å². The van der Waals surface area contributed by atoms with E-state index < -0.39 is 0 Å². The zero-order valence-electron chi connectivity index (χ0n) is 11.5. The number of rotatable bonds is 2. The molecule has 1 amide bonds. The van der Waals surface area contributed by atoms with E-state index in [1.54, 1.807) is 6.07 Å². The van der Waals surface area contributed by atoms with E-state index in [1.165, 1.54) is 12.8 Å². The molecule has 2 fully saturated rings. The van der Waals surface area contributed by atoms with Crippen molar-refractivity contribution in [1.29, 1.82) is 0 Å². The van der Waals surface area contributed by atoms with Gasteiger partial charge >= 0.3 is 6.09 Å². The van der Waals surface area contributed by atoms with Crippen LogP contribution in [0.4, 0.5) is 4.79 Å². The molecule has 2 saturated heterocycles. The van der Waals surface area contributed by atoms with E-state index in [2.05, 4.69) is 33.2 Å². The highest BCUT2D eigenvalue weighted by atomic mass is 79.9. The minimum absolute atomic E-state index is 0.235. The molecular weight excluding hydrogens is 320 g/mol. The third-order valence-corrected chi connectivity index (χ3v) is 5.11. The Bertz CT molecular complexity index is 494. The second-order valence-electron chi connectivity index (χ2n) is 5.68. The summed E-state index contributed by atoms with van der Waals surface area (Å²) in [7, 11) is 2.19. The second kappa shape index (κ2) is 5.74. The largest absolute Gasteiger partial charge is 0.412 e. The number of halogens is 1. The van der Waals surface area contributed by atoms with Crippen LogP contribution in [0.25, 0.3) is 0 Å². The van der Waals surface area contributed by atoms with Crippen molar-refractivity contribution in [3.05, 3.63) is 28.7 Å². The monoisotopic (exact) mass is 338 g/mol. The first-order valence-corrected chi connectivity index (χ1v) is 7.87. The molecule has 2 heterocycles. The van der Waals surface area contributed by atoms with Gasteiger partial charge < -0.3 is 15.0 Å². The molecule has 1 N–H and O–H groups in total. The van der Waals surface area contributed by atoms with Gasteiger partial charge in [0.25, 0.3) is 0 Å². The maximum atomic E-state index is 12.0. The number of carbonyl (C=O) groups excluding carboxylic acids is 1. The Morgan fingerprint density at radius 2 is 1.95 bits per heavy atom. The molecule has 1 aromatic rings. The first-order chi connectivity index (χ1) is 9.63. The molecule has 2 unspecified atom stereocenters. The summed E-state index contributed by atoms with van der Waals surface area (Å²) in [5.41, 5.74) is 0. The van der Waals surface area contributed by atoms with Gasteiger partial charge in [-0.3, -0.25) is 0 Å². The molecule has 0 aromatic heterocycles. The summed E-state index contributed by atoms with van der Waals surface area (Å²) in [6, 6.07) is 8.84. The topological polar surface area (TPSA) is 41.6 Å². The number of nitrogens with zero attached hydrogens (tertiary/aromatic N) is 1. The van der Waals surface area contributed by atoms with Crippen molar-refractivity contribution in [3.8, 4) is 5.75 Å². The lowest BCUT2D eigenvalue weighted by atomic mass is 9.98. The van der Waals surface area contributed by atoms with Gasteiger partial charge in [-0.2, -0.15) is 0 Å². The first-order valence-electron chi connectivity index (χ1n) is 7.08. The van der Waals surface area contributed by atoms with Crippen LogP contribution in [-0.2, 0) is 0 Å². The number of hydrogen-bond donors (Lipinski definition) is 1. The SMILES string of the molecule is CN1C2CCC1CC(NC(=O)Oc1ccccc1Br)C2. The highest BCUT2D eigenvalue weighted by Gasteiger charge is 2.38. The van der Waals surface area contributed by atoms with Gasteiger partial charge in [0.05, 0.1) is 4.47 Å². The van der Waals surface area contributed by atoms with Crippen molar-refractivity contribution in [2.75, 3.05) is 7.05 Å². The summed E-state index contributed by atoms with van der Waals surface area (Å²) in [4.78, 5) is 14.4. The van der Waals surface area contributed by atoms with Crippen LogP contribution in [0.5, 0.6) is 5.75 Å². The highest BCUT2D eigenvalue weighted by Crippen LogP contribution is 2.34. The summed E-state index contributed by atoms with van der Waals surface area (Å²) in [6.45, 7) is 0. The predicted molar refractivity (Wildman–Crippen MR) is 80.9 cm³/mol. The lowest BCUT2D eigenvalue weighted by molar-refractivity contribution is 0.141. The summed E-state index contributed by atoms with van der Waals surface area (Å²) < 4.78 is 6.15. The molecule has 3 rings (SSSR count). The molecule has 5 heteroatoms. The van der Waals surface area contributed by atoms with Gasteiger partial charge in [-0.25, -0.2) is 4.79 Å². The number of carbonyl (C=O) groups is 1. The van der Waals surface area contributed by atoms with Crippen LogP contribution in [0, 0.1) is 0 Å². The molecule has 2 aliphatic heterocycles. The Balaban J connectivity index is 1.56. The van der Waals surface area contributed by atoms with Gasteiger partial charge in [-0.1, -0.05) is 12.1 Å². The molecule has 0 radical (unpaired) electrons. The van der Waals surface area contributed by atoms with Crippen LogP contribution in [0.3, 0.4) is 0 Å². The highest BCUT2D eigenvalue weighted by molar-refractivity contribution is 9.10. The van der Waals surface area contributed by atoms with Crippen LogP contribution < -0.4 is 10.1 Å². The van der Waals surface area contributed by atoms with Gasteiger partial charge in [0.1, 0.15) is 5.75 Å². The minimum Gasteiger partial charge on any atom is -0.409 e. The van der Waals surface area contributed by atoms with Crippen molar-refractivity contribution in [2.24, 2.45) is 0 Å². The van der Waals surface area contributed by atoms with Crippen molar-refractivity contribution in [2.45, 2.75) is 43.8 Å².